The zero-order chi connectivity index (χ0) is 13.0. The number of H-pyrrole nitrogens is 1. The summed E-state index contributed by atoms with van der Waals surface area (Å²) in [6.45, 7) is 0. The second-order valence-corrected chi connectivity index (χ2v) is 3.78. The minimum absolute atomic E-state index is 0.266. The summed E-state index contributed by atoms with van der Waals surface area (Å²) in [7, 11) is 0. The Labute approximate surface area is 102 Å². The van der Waals surface area contributed by atoms with E-state index in [1.807, 2.05) is 0 Å². The van der Waals surface area contributed by atoms with E-state index in [2.05, 4.69) is 15.2 Å². The van der Waals surface area contributed by atoms with Crippen LogP contribution in [0.2, 0.25) is 0 Å². The molecule has 0 saturated carbocycles. The van der Waals surface area contributed by atoms with Gasteiger partial charge in [0, 0.05) is 0 Å². The monoisotopic (exact) mass is 245 g/mol. The molecule has 0 atom stereocenters. The van der Waals surface area contributed by atoms with Gasteiger partial charge in [0.1, 0.15) is 0 Å². The molecule has 0 fully saturated rings. The van der Waals surface area contributed by atoms with Crippen LogP contribution in [-0.4, -0.2) is 26.3 Å². The topological polar surface area (TPSA) is 95.9 Å². The molecule has 1 aromatic carbocycles. The first-order valence-corrected chi connectivity index (χ1v) is 5.38. The highest BCUT2D eigenvalue weighted by molar-refractivity contribution is 5.87. The highest BCUT2D eigenvalue weighted by atomic mass is 16.4. The van der Waals surface area contributed by atoms with Gasteiger partial charge in [-0.15, -0.1) is 0 Å². The van der Waals surface area contributed by atoms with Crippen molar-refractivity contribution in [3.05, 3.63) is 57.8 Å². The van der Waals surface area contributed by atoms with Gasteiger partial charge in [-0.25, -0.2) is 14.7 Å². The molecular weight excluding hydrogens is 234 g/mol. The molecule has 0 radical (unpaired) electrons. The molecule has 0 saturated heterocycles. The third kappa shape index (κ3) is 3.00. The number of aromatic amines is 1. The molecule has 1 heterocycles. The Hall–Kier alpha value is -2.50. The fraction of sp³-hybridized carbons (Fsp3) is 0.167. The van der Waals surface area contributed by atoms with Gasteiger partial charge in [0.15, 0.2) is 0 Å². The van der Waals surface area contributed by atoms with Crippen molar-refractivity contribution in [3.8, 4) is 0 Å². The van der Waals surface area contributed by atoms with Crippen LogP contribution >= 0.6 is 0 Å². The van der Waals surface area contributed by atoms with Gasteiger partial charge in [0.2, 0.25) is 0 Å². The SMILES string of the molecule is O=C(O)c1ccc(CCc2cnc(=O)[nH]n2)cc1. The Kier molecular flexibility index (Phi) is 3.47. The van der Waals surface area contributed by atoms with Gasteiger partial charge < -0.3 is 5.11 Å². The molecule has 2 rings (SSSR count). The molecule has 6 nitrogen and oxygen atoms in total. The van der Waals surface area contributed by atoms with Crippen LogP contribution in [0.15, 0.2) is 35.3 Å². The largest absolute Gasteiger partial charge is 0.478 e. The maximum Gasteiger partial charge on any atom is 0.361 e. The molecule has 0 bridgehead atoms. The molecule has 0 aliphatic rings. The molecule has 2 N–H and O–H groups in total. The van der Waals surface area contributed by atoms with E-state index in [0.717, 1.165) is 5.56 Å². The van der Waals surface area contributed by atoms with E-state index in [0.29, 0.717) is 18.5 Å². The Balaban J connectivity index is 2.00. The number of carbonyl (C=O) groups is 1. The summed E-state index contributed by atoms with van der Waals surface area (Å²) in [5.74, 6) is -0.937. The first-order valence-electron chi connectivity index (χ1n) is 5.38. The lowest BCUT2D eigenvalue weighted by Gasteiger charge is -2.01. The van der Waals surface area contributed by atoms with E-state index < -0.39 is 11.7 Å². The van der Waals surface area contributed by atoms with E-state index in [9.17, 15) is 9.59 Å². The van der Waals surface area contributed by atoms with Crippen LogP contribution < -0.4 is 5.69 Å². The van der Waals surface area contributed by atoms with E-state index in [-0.39, 0.29) is 5.56 Å². The number of nitrogens with zero attached hydrogens (tertiary/aromatic N) is 2. The maximum atomic E-state index is 10.7. The van der Waals surface area contributed by atoms with Gasteiger partial charge in [-0.2, -0.15) is 10.1 Å². The van der Waals surface area contributed by atoms with Crippen LogP contribution in [0.3, 0.4) is 0 Å². The molecule has 0 aliphatic heterocycles. The van der Waals surface area contributed by atoms with E-state index in [1.165, 1.54) is 6.20 Å². The lowest BCUT2D eigenvalue weighted by atomic mass is 10.1. The minimum Gasteiger partial charge on any atom is -0.478 e. The zero-order valence-corrected chi connectivity index (χ0v) is 9.46. The summed E-state index contributed by atoms with van der Waals surface area (Å²) in [6.07, 6.45) is 2.78. The molecule has 18 heavy (non-hydrogen) atoms. The fourth-order valence-electron chi connectivity index (χ4n) is 1.52. The molecule has 2 aromatic rings. The number of hydrogen-bond donors (Lipinski definition) is 2. The number of hydrogen-bond acceptors (Lipinski definition) is 4. The van der Waals surface area contributed by atoms with Crippen molar-refractivity contribution in [2.75, 3.05) is 0 Å². The Morgan fingerprint density at radius 2 is 1.94 bits per heavy atom. The average Bonchev–Trinajstić information content (AvgIpc) is 2.38. The van der Waals surface area contributed by atoms with Crippen LogP contribution in [0, 0.1) is 0 Å². The molecule has 92 valence electrons. The van der Waals surface area contributed by atoms with Crippen LogP contribution in [0.4, 0.5) is 0 Å². The van der Waals surface area contributed by atoms with Crippen molar-refractivity contribution in [3.63, 3.8) is 0 Å². The Morgan fingerprint density at radius 1 is 1.22 bits per heavy atom. The second-order valence-electron chi connectivity index (χ2n) is 3.78. The third-order valence-corrected chi connectivity index (χ3v) is 2.50. The molecule has 0 unspecified atom stereocenters. The van der Waals surface area contributed by atoms with Gasteiger partial charge in [-0.3, -0.25) is 0 Å². The number of aromatic carboxylic acids is 1. The van der Waals surface area contributed by atoms with E-state index in [1.54, 1.807) is 24.3 Å². The number of carboxylic acids is 1. The number of nitrogens with one attached hydrogen (secondary N) is 1. The quantitative estimate of drug-likeness (QED) is 0.824. The van der Waals surface area contributed by atoms with Crippen LogP contribution in [0.1, 0.15) is 21.6 Å². The predicted octanol–water partition coefficient (Wildman–Crippen LogP) is 0.648. The summed E-state index contributed by atoms with van der Waals surface area (Å²) in [6, 6.07) is 6.66. The highest BCUT2D eigenvalue weighted by Crippen LogP contribution is 2.07. The molecular formula is C12H11N3O3. The Bertz CT molecular complexity index is 584. The summed E-state index contributed by atoms with van der Waals surface area (Å²) in [4.78, 5) is 25.0. The first kappa shape index (κ1) is 12.0. The van der Waals surface area contributed by atoms with Crippen LogP contribution in [0.5, 0.6) is 0 Å². The number of rotatable bonds is 4. The van der Waals surface area contributed by atoms with Gasteiger partial charge in [0.25, 0.3) is 0 Å². The summed E-state index contributed by atoms with van der Waals surface area (Å²) in [5, 5.41) is 14.9. The fourth-order valence-corrected chi connectivity index (χ4v) is 1.52. The molecule has 6 heteroatoms. The maximum absolute atomic E-state index is 10.7. The number of aryl methyl sites for hydroxylation is 2. The summed E-state index contributed by atoms with van der Waals surface area (Å²) >= 11 is 0. The lowest BCUT2D eigenvalue weighted by Crippen LogP contribution is -2.13. The number of carboxylic acid groups (broad SMARTS) is 1. The molecule has 0 spiro atoms. The zero-order valence-electron chi connectivity index (χ0n) is 9.46. The van der Waals surface area contributed by atoms with Crippen molar-refractivity contribution in [2.24, 2.45) is 0 Å². The third-order valence-electron chi connectivity index (χ3n) is 2.50. The normalized spacial score (nSPS) is 10.2. The average molecular weight is 245 g/mol. The van der Waals surface area contributed by atoms with Gasteiger partial charge in [-0.1, -0.05) is 12.1 Å². The van der Waals surface area contributed by atoms with Crippen molar-refractivity contribution in [1.29, 1.82) is 0 Å². The van der Waals surface area contributed by atoms with E-state index >= 15 is 0 Å². The molecule has 1 aromatic heterocycles. The second kappa shape index (κ2) is 5.22. The first-order chi connectivity index (χ1) is 8.65. The molecule has 0 aliphatic carbocycles. The Morgan fingerprint density at radius 3 is 2.50 bits per heavy atom. The van der Waals surface area contributed by atoms with Crippen molar-refractivity contribution >= 4 is 5.97 Å². The summed E-state index contributed by atoms with van der Waals surface area (Å²) < 4.78 is 0. The standard InChI is InChI=1S/C12H11N3O3/c16-11(17)9-4-1-8(2-5-9)3-6-10-7-13-12(18)15-14-10/h1-2,4-5,7H,3,6H2,(H,16,17)(H,13,15,18). The van der Waals surface area contributed by atoms with Crippen LogP contribution in [0.25, 0.3) is 0 Å². The van der Waals surface area contributed by atoms with Crippen molar-refractivity contribution < 1.29 is 9.90 Å². The lowest BCUT2D eigenvalue weighted by molar-refractivity contribution is 0.0697. The summed E-state index contributed by atoms with van der Waals surface area (Å²) in [5.41, 5.74) is 1.50. The van der Waals surface area contributed by atoms with Crippen LogP contribution in [-0.2, 0) is 12.8 Å². The highest BCUT2D eigenvalue weighted by Gasteiger charge is 2.02. The molecule has 0 amide bonds. The smallest absolute Gasteiger partial charge is 0.361 e. The van der Waals surface area contributed by atoms with Gasteiger partial charge in [-0.05, 0) is 30.5 Å². The predicted molar refractivity (Wildman–Crippen MR) is 63.5 cm³/mol. The van der Waals surface area contributed by atoms with Gasteiger partial charge in [0.05, 0.1) is 17.5 Å². The minimum atomic E-state index is -0.937. The number of benzene rings is 1. The van der Waals surface area contributed by atoms with Gasteiger partial charge >= 0.3 is 11.7 Å². The van der Waals surface area contributed by atoms with Crippen molar-refractivity contribution in [2.45, 2.75) is 12.8 Å². The number of aromatic nitrogens is 3. The van der Waals surface area contributed by atoms with Crippen molar-refractivity contribution in [1.82, 2.24) is 15.2 Å². The van der Waals surface area contributed by atoms with E-state index in [4.69, 9.17) is 5.11 Å².